The van der Waals surface area contributed by atoms with Gasteiger partial charge < -0.3 is 14.5 Å². The van der Waals surface area contributed by atoms with Crippen molar-refractivity contribution >= 4 is 23.4 Å². The maximum absolute atomic E-state index is 12.6. The third kappa shape index (κ3) is 5.90. The molecule has 0 aliphatic rings. The van der Waals surface area contributed by atoms with E-state index in [-0.39, 0.29) is 11.6 Å². The van der Waals surface area contributed by atoms with Gasteiger partial charge in [-0.3, -0.25) is 5.32 Å². The predicted octanol–water partition coefficient (Wildman–Crippen LogP) is 4.53. The van der Waals surface area contributed by atoms with Gasteiger partial charge in [0.2, 0.25) is 5.90 Å². The second-order valence-electron chi connectivity index (χ2n) is 5.80. The molecule has 0 bridgehead atoms. The van der Waals surface area contributed by atoms with Crippen LogP contribution in [0.5, 0.6) is 0 Å². The SMILES string of the molecule is CON=C([CH]c1ccccc1N(C)C)OC(=O)Nc1ccc(C(F)(F)F)cc1. The summed E-state index contributed by atoms with van der Waals surface area (Å²) in [6.07, 6.45) is -3.87. The Labute approximate surface area is 160 Å². The fourth-order valence-corrected chi connectivity index (χ4v) is 2.30. The van der Waals surface area contributed by atoms with Crippen molar-refractivity contribution in [2.24, 2.45) is 5.16 Å². The number of hydrogen-bond acceptors (Lipinski definition) is 5. The summed E-state index contributed by atoms with van der Waals surface area (Å²) in [7, 11) is 5.01. The number of nitrogens with one attached hydrogen (secondary N) is 1. The van der Waals surface area contributed by atoms with Crippen molar-refractivity contribution in [1.29, 1.82) is 0 Å². The summed E-state index contributed by atoms with van der Waals surface area (Å²) >= 11 is 0. The molecule has 149 valence electrons. The summed E-state index contributed by atoms with van der Waals surface area (Å²) in [4.78, 5) is 18.6. The number of benzene rings is 2. The molecule has 28 heavy (non-hydrogen) atoms. The largest absolute Gasteiger partial charge is 0.418 e. The van der Waals surface area contributed by atoms with Crippen LogP contribution in [0.3, 0.4) is 0 Å². The lowest BCUT2D eigenvalue weighted by atomic mass is 10.1. The zero-order valence-electron chi connectivity index (χ0n) is 15.4. The smallest absolute Gasteiger partial charge is 0.396 e. The first-order valence-electron chi connectivity index (χ1n) is 8.09. The number of para-hydroxylation sites is 1. The third-order valence-electron chi connectivity index (χ3n) is 3.53. The highest BCUT2D eigenvalue weighted by Gasteiger charge is 2.30. The highest BCUT2D eigenvalue weighted by atomic mass is 19.4. The molecule has 0 saturated heterocycles. The summed E-state index contributed by atoms with van der Waals surface area (Å²) in [5, 5.41) is 6.00. The molecule has 2 aromatic carbocycles. The van der Waals surface area contributed by atoms with Crippen LogP contribution in [0.1, 0.15) is 11.1 Å². The monoisotopic (exact) mass is 394 g/mol. The van der Waals surface area contributed by atoms with Crippen LogP contribution >= 0.6 is 0 Å². The van der Waals surface area contributed by atoms with Crippen LogP contribution in [-0.4, -0.2) is 33.2 Å². The Kier molecular flexibility index (Phi) is 6.86. The number of nitrogens with zero attached hydrogens (tertiary/aromatic N) is 2. The highest BCUT2D eigenvalue weighted by Crippen LogP contribution is 2.29. The van der Waals surface area contributed by atoms with Crippen LogP contribution in [0.15, 0.2) is 53.7 Å². The molecule has 0 unspecified atom stereocenters. The lowest BCUT2D eigenvalue weighted by Crippen LogP contribution is -2.20. The Morgan fingerprint density at radius 3 is 2.32 bits per heavy atom. The topological polar surface area (TPSA) is 63.2 Å². The number of anilines is 2. The molecule has 9 heteroatoms. The predicted molar refractivity (Wildman–Crippen MR) is 100 cm³/mol. The molecule has 2 aromatic rings. The lowest BCUT2D eigenvalue weighted by Gasteiger charge is -2.17. The van der Waals surface area contributed by atoms with E-state index in [2.05, 4.69) is 10.5 Å². The Bertz CT molecular complexity index is 834. The van der Waals surface area contributed by atoms with Crippen LogP contribution in [0.4, 0.5) is 29.3 Å². The Morgan fingerprint density at radius 1 is 1.11 bits per heavy atom. The number of carbonyl (C=O) groups excluding carboxylic acids is 1. The van der Waals surface area contributed by atoms with E-state index in [4.69, 9.17) is 9.57 Å². The number of oxime groups is 1. The molecule has 0 aromatic heterocycles. The lowest BCUT2D eigenvalue weighted by molar-refractivity contribution is -0.137. The van der Waals surface area contributed by atoms with Crippen molar-refractivity contribution in [1.82, 2.24) is 0 Å². The minimum atomic E-state index is -4.45. The van der Waals surface area contributed by atoms with Gasteiger partial charge in [0.15, 0.2) is 0 Å². The van der Waals surface area contributed by atoms with Crippen molar-refractivity contribution in [3.63, 3.8) is 0 Å². The van der Waals surface area contributed by atoms with Gasteiger partial charge in [0.05, 0.1) is 12.0 Å². The van der Waals surface area contributed by atoms with Gasteiger partial charge in [-0.1, -0.05) is 23.4 Å². The van der Waals surface area contributed by atoms with Crippen LogP contribution in [0, 0.1) is 6.42 Å². The molecule has 1 amide bonds. The maximum atomic E-state index is 12.6. The fourth-order valence-electron chi connectivity index (χ4n) is 2.30. The van der Waals surface area contributed by atoms with Crippen LogP contribution in [0.25, 0.3) is 0 Å². The molecule has 0 heterocycles. The summed E-state index contributed by atoms with van der Waals surface area (Å²) in [6.45, 7) is 0. The average Bonchev–Trinajstić information content (AvgIpc) is 2.61. The summed E-state index contributed by atoms with van der Waals surface area (Å²) in [5.41, 5.74) is 0.911. The van der Waals surface area contributed by atoms with Gasteiger partial charge in [0, 0.05) is 25.5 Å². The van der Waals surface area contributed by atoms with Crippen LogP contribution in [0.2, 0.25) is 0 Å². The molecule has 0 saturated carbocycles. The van der Waals surface area contributed by atoms with Crippen molar-refractivity contribution in [2.75, 3.05) is 31.4 Å². The number of hydrogen-bond donors (Lipinski definition) is 1. The molecule has 6 nitrogen and oxygen atoms in total. The number of alkyl halides is 3. The van der Waals surface area contributed by atoms with Crippen LogP contribution < -0.4 is 10.2 Å². The van der Waals surface area contributed by atoms with Gasteiger partial charge >= 0.3 is 12.3 Å². The van der Waals surface area contributed by atoms with Gasteiger partial charge in [-0.05, 0) is 35.9 Å². The molecule has 0 atom stereocenters. The molecule has 0 fully saturated rings. The number of halogens is 3. The zero-order chi connectivity index (χ0) is 20.7. The Morgan fingerprint density at radius 2 is 1.75 bits per heavy atom. The van der Waals surface area contributed by atoms with Crippen LogP contribution in [-0.2, 0) is 15.8 Å². The van der Waals surface area contributed by atoms with Gasteiger partial charge in [-0.25, -0.2) is 4.79 Å². The van der Waals surface area contributed by atoms with Gasteiger partial charge in [0.25, 0.3) is 0 Å². The van der Waals surface area contributed by atoms with E-state index in [9.17, 15) is 18.0 Å². The van der Waals surface area contributed by atoms with Gasteiger partial charge in [-0.15, -0.1) is 0 Å². The maximum Gasteiger partial charge on any atom is 0.418 e. The minimum Gasteiger partial charge on any atom is -0.396 e. The molecule has 2 rings (SSSR count). The summed E-state index contributed by atoms with van der Waals surface area (Å²) in [5.74, 6) is -0.124. The molecule has 0 spiro atoms. The second-order valence-corrected chi connectivity index (χ2v) is 5.80. The van der Waals surface area contributed by atoms with Crippen molar-refractivity contribution in [3.8, 4) is 0 Å². The second kappa shape index (κ2) is 9.12. The molecule has 1 N–H and O–H groups in total. The Hall–Kier alpha value is -3.23. The molecule has 0 aliphatic carbocycles. The first kappa shape index (κ1) is 21.1. The number of carbonyl (C=O) groups is 1. The minimum absolute atomic E-state index is 0.124. The van der Waals surface area contributed by atoms with E-state index in [1.807, 2.05) is 37.2 Å². The number of ether oxygens (including phenoxy) is 1. The fraction of sp³-hybridized carbons (Fsp3) is 0.211. The number of rotatable bonds is 5. The molecular formula is C19H19F3N3O3. The molecule has 1 radical (unpaired) electrons. The van der Waals surface area contributed by atoms with E-state index in [0.29, 0.717) is 0 Å². The van der Waals surface area contributed by atoms with E-state index in [1.54, 1.807) is 6.07 Å². The number of amides is 1. The van der Waals surface area contributed by atoms with Crippen molar-refractivity contribution in [2.45, 2.75) is 6.18 Å². The van der Waals surface area contributed by atoms with Crippen molar-refractivity contribution < 1.29 is 27.5 Å². The van der Waals surface area contributed by atoms with E-state index in [0.717, 1.165) is 35.5 Å². The average molecular weight is 394 g/mol. The van der Waals surface area contributed by atoms with Gasteiger partial charge in [0.1, 0.15) is 7.11 Å². The molecular weight excluding hydrogens is 375 g/mol. The molecule has 0 aliphatic heterocycles. The first-order valence-corrected chi connectivity index (χ1v) is 8.09. The van der Waals surface area contributed by atoms with E-state index >= 15 is 0 Å². The highest BCUT2D eigenvalue weighted by molar-refractivity contribution is 6.00. The quantitative estimate of drug-likeness (QED) is 0.460. The summed E-state index contributed by atoms with van der Waals surface area (Å²) < 4.78 is 42.9. The Balaban J connectivity index is 2.06. The normalized spacial score (nSPS) is 11.7. The summed E-state index contributed by atoms with van der Waals surface area (Å²) in [6, 6.07) is 11.3. The van der Waals surface area contributed by atoms with E-state index in [1.165, 1.54) is 13.5 Å². The third-order valence-corrected chi connectivity index (χ3v) is 3.53. The first-order chi connectivity index (χ1) is 13.2. The standard InChI is InChI=1S/C19H19F3N3O3/c1-25(2)16-7-5-4-6-13(16)12-17(24-27-3)28-18(26)23-15-10-8-14(9-11-15)19(20,21)22/h4-12H,1-3H3,(H,23,26). The zero-order valence-corrected chi connectivity index (χ0v) is 15.4. The van der Waals surface area contributed by atoms with E-state index < -0.39 is 17.8 Å². The van der Waals surface area contributed by atoms with Gasteiger partial charge in [-0.2, -0.15) is 13.2 Å². The van der Waals surface area contributed by atoms with Crippen molar-refractivity contribution in [3.05, 3.63) is 66.1 Å².